The molecule has 5 N–H and O–H groups in total. The minimum Gasteiger partial charge on any atom is -0.479 e. The molecule has 0 radical (unpaired) electrons. The van der Waals surface area contributed by atoms with Gasteiger partial charge in [-0.15, -0.1) is 0 Å². The van der Waals surface area contributed by atoms with Gasteiger partial charge in [-0.1, -0.05) is 0 Å². The van der Waals surface area contributed by atoms with Crippen LogP contribution in [0.15, 0.2) is 6.33 Å². The van der Waals surface area contributed by atoms with Crippen LogP contribution in [0.5, 0.6) is 5.88 Å². The van der Waals surface area contributed by atoms with Crippen molar-refractivity contribution < 1.29 is 48.7 Å². The molecule has 14 nitrogen and oxygen atoms in total. The average molecular weight is 469 g/mol. The van der Waals surface area contributed by atoms with Crippen LogP contribution in [-0.4, -0.2) is 88.0 Å². The second kappa shape index (κ2) is 8.69. The topological polar surface area (TPSA) is 207 Å². The summed E-state index contributed by atoms with van der Waals surface area (Å²) in [4.78, 5) is 41.2. The van der Waals surface area contributed by atoms with E-state index in [1.165, 1.54) is 10.9 Å². The van der Waals surface area contributed by atoms with Gasteiger partial charge in [0.05, 0.1) is 19.5 Å². The smallest absolute Gasteiger partial charge is 0.365 e. The lowest BCUT2D eigenvalue weighted by atomic mass is 10.1. The van der Waals surface area contributed by atoms with Gasteiger partial charge in [0.15, 0.2) is 17.4 Å². The van der Waals surface area contributed by atoms with Crippen LogP contribution in [0.25, 0.3) is 11.2 Å². The zero-order chi connectivity index (χ0) is 22.2. The van der Waals surface area contributed by atoms with Gasteiger partial charge in [-0.3, -0.25) is 9.13 Å². The monoisotopic (exact) mass is 468 g/mol. The Morgan fingerprint density at radius 1 is 1.37 bits per heavy atom. The van der Waals surface area contributed by atoms with E-state index in [2.05, 4.69) is 15.0 Å². The van der Waals surface area contributed by atoms with Crippen LogP contribution in [0.2, 0.25) is 5.28 Å². The van der Waals surface area contributed by atoms with Gasteiger partial charge in [-0.25, -0.2) is 9.78 Å². The molecule has 0 aromatic carbocycles. The third-order valence-electron chi connectivity index (χ3n) is 4.19. The maximum atomic E-state index is 11.2. The van der Waals surface area contributed by atoms with Crippen LogP contribution in [0.1, 0.15) is 13.2 Å². The first kappa shape index (κ1) is 22.8. The highest BCUT2D eigenvalue weighted by molar-refractivity contribution is 7.53. The summed E-state index contributed by atoms with van der Waals surface area (Å²) < 4.78 is 28.1. The molecule has 1 aliphatic rings. The fraction of sp³-hybridized carbons (Fsp3) is 0.571. The molecule has 1 aliphatic heterocycles. The molecule has 0 amide bonds. The quantitative estimate of drug-likeness (QED) is 0.235. The third-order valence-corrected chi connectivity index (χ3v) is 5.34. The van der Waals surface area contributed by atoms with E-state index in [0.29, 0.717) is 0 Å². The summed E-state index contributed by atoms with van der Waals surface area (Å²) in [6.07, 6.45) is -4.39. The molecule has 0 bridgehead atoms. The predicted molar refractivity (Wildman–Crippen MR) is 96.8 cm³/mol. The Labute approximate surface area is 173 Å². The lowest BCUT2D eigenvalue weighted by Gasteiger charge is -2.19. The van der Waals surface area contributed by atoms with Gasteiger partial charge in [0, 0.05) is 0 Å². The van der Waals surface area contributed by atoms with Gasteiger partial charge in [-0.2, -0.15) is 9.97 Å². The van der Waals surface area contributed by atoms with E-state index in [1.807, 2.05) is 0 Å². The molecule has 5 atom stereocenters. The number of carbonyl (C=O) groups is 1. The van der Waals surface area contributed by atoms with Crippen LogP contribution in [0.4, 0.5) is 0 Å². The first-order chi connectivity index (χ1) is 14.0. The van der Waals surface area contributed by atoms with Crippen molar-refractivity contribution in [3.05, 3.63) is 11.6 Å². The maximum absolute atomic E-state index is 11.2. The minimum absolute atomic E-state index is 0.102. The molecule has 166 valence electrons. The third kappa shape index (κ3) is 4.40. The number of aromatic nitrogens is 4. The summed E-state index contributed by atoms with van der Waals surface area (Å²) in [5.41, 5.74) is 0.355. The highest BCUT2D eigenvalue weighted by Crippen LogP contribution is 2.42. The van der Waals surface area contributed by atoms with E-state index in [1.54, 1.807) is 6.92 Å². The van der Waals surface area contributed by atoms with Gasteiger partial charge < -0.3 is 39.3 Å². The summed E-state index contributed by atoms with van der Waals surface area (Å²) in [5.74, 6) is -4.23. The molecule has 0 spiro atoms. The van der Waals surface area contributed by atoms with Crippen LogP contribution in [0, 0.1) is 0 Å². The van der Waals surface area contributed by atoms with Gasteiger partial charge in [-0.05, 0) is 18.5 Å². The van der Waals surface area contributed by atoms with E-state index < -0.39 is 50.6 Å². The normalized spacial score (nSPS) is 25.5. The molecule has 3 rings (SSSR count). The van der Waals surface area contributed by atoms with Gasteiger partial charge >= 0.3 is 13.6 Å². The number of aliphatic carboxylic acids is 1. The largest absolute Gasteiger partial charge is 0.479 e. The van der Waals surface area contributed by atoms with Crippen molar-refractivity contribution in [2.75, 3.05) is 13.2 Å². The highest BCUT2D eigenvalue weighted by atomic mass is 35.5. The molecule has 0 aliphatic carbocycles. The summed E-state index contributed by atoms with van der Waals surface area (Å²) in [5, 5.41) is 29.3. The van der Waals surface area contributed by atoms with Gasteiger partial charge in [0.1, 0.15) is 18.3 Å². The zero-order valence-electron chi connectivity index (χ0n) is 15.3. The molecular weight excluding hydrogens is 451 g/mol. The highest BCUT2D eigenvalue weighted by Gasteiger charge is 2.46. The molecule has 2 aromatic heterocycles. The minimum atomic E-state index is -5.12. The average Bonchev–Trinajstić information content (AvgIpc) is 3.16. The van der Waals surface area contributed by atoms with Crippen molar-refractivity contribution in [3.8, 4) is 5.88 Å². The molecule has 2 aromatic rings. The Morgan fingerprint density at radius 3 is 2.67 bits per heavy atom. The Balaban J connectivity index is 1.83. The van der Waals surface area contributed by atoms with E-state index in [4.69, 9.17) is 40.7 Å². The Kier molecular flexibility index (Phi) is 6.60. The molecule has 1 saturated heterocycles. The fourth-order valence-corrected chi connectivity index (χ4v) is 3.61. The Bertz CT molecular complexity index is 983. The summed E-state index contributed by atoms with van der Waals surface area (Å²) in [6.45, 7) is 1.29. The first-order valence-electron chi connectivity index (χ1n) is 8.48. The van der Waals surface area contributed by atoms with Crippen molar-refractivity contribution in [1.82, 2.24) is 19.5 Å². The molecule has 30 heavy (non-hydrogen) atoms. The predicted octanol–water partition coefficient (Wildman–Crippen LogP) is -0.897. The van der Waals surface area contributed by atoms with Crippen LogP contribution in [-0.2, 0) is 18.8 Å². The SMILES string of the molecule is CCOc1nc(Cl)nc2c1ncn2[C@@H]1O[C@H](COC(C(=O)O)P(=O)(O)O)[C@@H](O)[C@H]1O. The Morgan fingerprint density at radius 2 is 2.07 bits per heavy atom. The van der Waals surface area contributed by atoms with Crippen LogP contribution in [0.3, 0.4) is 0 Å². The standard InChI is InChI=1S/C14H18ClN4O10P/c1-2-27-10-6-9(17-14(15)18-10)19(4-16-6)11-8(21)7(20)5(29-11)3-28-13(12(22)23)30(24,25)26/h4-5,7-8,11,13,20-21H,2-3H2,1H3,(H,22,23)(H2,24,25,26)/t5-,7-,8-,11-,13?/m1/s1. The van der Waals surface area contributed by atoms with E-state index in [-0.39, 0.29) is 28.9 Å². The second-order valence-electron chi connectivity index (χ2n) is 6.21. The molecule has 0 saturated carbocycles. The number of halogens is 1. The van der Waals surface area contributed by atoms with E-state index in [0.717, 1.165) is 0 Å². The number of hydrogen-bond acceptors (Lipinski definition) is 10. The molecule has 1 fully saturated rings. The lowest BCUT2D eigenvalue weighted by molar-refractivity contribution is -0.149. The van der Waals surface area contributed by atoms with E-state index >= 15 is 0 Å². The Hall–Kier alpha value is -1.90. The van der Waals surface area contributed by atoms with Crippen LogP contribution < -0.4 is 4.74 Å². The van der Waals surface area contributed by atoms with Crippen molar-refractivity contribution in [3.63, 3.8) is 0 Å². The maximum Gasteiger partial charge on any atom is 0.365 e. The van der Waals surface area contributed by atoms with Crippen LogP contribution >= 0.6 is 19.2 Å². The number of rotatable bonds is 8. The number of carboxylic acids is 1. The number of aliphatic hydroxyl groups is 2. The molecular formula is C14H18ClN4O10P. The first-order valence-corrected chi connectivity index (χ1v) is 10.5. The van der Waals surface area contributed by atoms with Crippen molar-refractivity contribution in [2.24, 2.45) is 0 Å². The number of carboxylic acid groups (broad SMARTS) is 1. The van der Waals surface area contributed by atoms with Crippen molar-refractivity contribution in [2.45, 2.75) is 37.3 Å². The lowest BCUT2D eigenvalue weighted by Crippen LogP contribution is -2.36. The van der Waals surface area contributed by atoms with Crippen molar-refractivity contribution in [1.29, 1.82) is 0 Å². The molecule has 3 heterocycles. The summed E-state index contributed by atoms with van der Waals surface area (Å²) in [7, 11) is -5.12. The zero-order valence-corrected chi connectivity index (χ0v) is 16.9. The number of hydrogen-bond donors (Lipinski definition) is 5. The number of aliphatic hydroxyl groups excluding tert-OH is 2. The summed E-state index contributed by atoms with van der Waals surface area (Å²) in [6, 6.07) is 0. The number of fused-ring (bicyclic) bond motifs is 1. The number of ether oxygens (including phenoxy) is 3. The summed E-state index contributed by atoms with van der Waals surface area (Å²) >= 11 is 5.90. The number of imidazole rings is 1. The molecule has 1 unspecified atom stereocenters. The fourth-order valence-electron chi connectivity index (χ4n) is 2.88. The number of nitrogens with zero attached hydrogens (tertiary/aromatic N) is 4. The van der Waals surface area contributed by atoms with Gasteiger partial charge in [0.25, 0.3) is 5.85 Å². The van der Waals surface area contributed by atoms with Crippen molar-refractivity contribution >= 4 is 36.3 Å². The van der Waals surface area contributed by atoms with E-state index in [9.17, 15) is 19.6 Å². The van der Waals surface area contributed by atoms with Gasteiger partial charge in [0.2, 0.25) is 11.2 Å². The second-order valence-corrected chi connectivity index (χ2v) is 8.20. The molecule has 16 heteroatoms.